The molecule has 7 nitrogen and oxygen atoms in total. The van der Waals surface area contributed by atoms with E-state index < -0.39 is 37.8 Å². The Morgan fingerprint density at radius 3 is 2.44 bits per heavy atom. The van der Waals surface area contributed by atoms with Crippen molar-refractivity contribution in [2.45, 2.75) is 89.2 Å². The molecule has 1 aromatic carbocycles. The molecule has 1 N–H and O–H groups in total. The molecule has 4 rings (SSSR count). The van der Waals surface area contributed by atoms with Crippen molar-refractivity contribution in [1.82, 2.24) is 0 Å². The summed E-state index contributed by atoms with van der Waals surface area (Å²) < 4.78 is 43.4. The number of rotatable bonds is 8. The van der Waals surface area contributed by atoms with Crippen molar-refractivity contribution in [3.8, 4) is 0 Å². The fourth-order valence-corrected chi connectivity index (χ4v) is 6.56. The highest BCUT2D eigenvalue weighted by Crippen LogP contribution is 2.54. The van der Waals surface area contributed by atoms with Crippen LogP contribution >= 0.6 is 7.60 Å². The molecule has 178 valence electrons. The maximum Gasteiger partial charge on any atom is 0.354 e. The average molecular weight is 467 g/mol. The fraction of sp³-hybridized carbons (Fsp3) is 0.667. The molecule has 4 atom stereocenters. The third-order valence-corrected chi connectivity index (χ3v) is 8.23. The Morgan fingerprint density at radius 2 is 1.78 bits per heavy atom. The topological polar surface area (TPSA) is 83.5 Å². The molecule has 2 saturated carbocycles. The normalized spacial score (nSPS) is 31.2. The lowest BCUT2D eigenvalue weighted by Crippen LogP contribution is -2.50. The SMILES string of the molecule is CCOP(=O)(/C=C1/C[C@@H](O)[C@H](OCc2ccccc2)[C@H]2OC3(CCCCC3)O[C@@H]12)OCC. The van der Waals surface area contributed by atoms with Crippen molar-refractivity contribution >= 4 is 7.60 Å². The van der Waals surface area contributed by atoms with Crippen LogP contribution < -0.4 is 0 Å². The molecule has 0 amide bonds. The zero-order chi connectivity index (χ0) is 22.6. The summed E-state index contributed by atoms with van der Waals surface area (Å²) in [6.07, 6.45) is 2.82. The van der Waals surface area contributed by atoms with Gasteiger partial charge >= 0.3 is 7.60 Å². The second-order valence-electron chi connectivity index (χ2n) is 8.70. The van der Waals surface area contributed by atoms with Crippen LogP contribution in [0.4, 0.5) is 0 Å². The van der Waals surface area contributed by atoms with Crippen molar-refractivity contribution in [2.24, 2.45) is 0 Å². The molecular weight excluding hydrogens is 431 g/mol. The van der Waals surface area contributed by atoms with E-state index in [9.17, 15) is 9.67 Å². The van der Waals surface area contributed by atoms with E-state index in [0.717, 1.165) is 37.7 Å². The fourth-order valence-electron chi connectivity index (χ4n) is 4.95. The highest BCUT2D eigenvalue weighted by atomic mass is 31.2. The summed E-state index contributed by atoms with van der Waals surface area (Å²) in [5.41, 5.74) is 1.73. The molecule has 1 spiro atoms. The van der Waals surface area contributed by atoms with Gasteiger partial charge in [0.15, 0.2) is 5.79 Å². The predicted octanol–water partition coefficient (Wildman–Crippen LogP) is 4.93. The third-order valence-electron chi connectivity index (χ3n) is 6.35. The molecule has 8 heteroatoms. The molecule has 2 aliphatic carbocycles. The smallest absolute Gasteiger partial charge is 0.354 e. The Bertz CT molecular complexity index is 811. The first-order chi connectivity index (χ1) is 15.5. The molecular formula is C24H35O7P. The van der Waals surface area contributed by atoms with E-state index in [4.69, 9.17) is 23.3 Å². The van der Waals surface area contributed by atoms with Crippen LogP contribution in [-0.4, -0.2) is 48.5 Å². The van der Waals surface area contributed by atoms with Crippen LogP contribution in [0.15, 0.2) is 41.7 Å². The van der Waals surface area contributed by atoms with Gasteiger partial charge in [0.1, 0.15) is 18.3 Å². The number of ether oxygens (including phenoxy) is 3. The Morgan fingerprint density at radius 1 is 1.09 bits per heavy atom. The van der Waals surface area contributed by atoms with Gasteiger partial charge in [-0.1, -0.05) is 36.8 Å². The highest BCUT2D eigenvalue weighted by Gasteiger charge is 2.56. The Labute approximate surface area is 190 Å². The van der Waals surface area contributed by atoms with Crippen LogP contribution in [-0.2, 0) is 34.4 Å². The summed E-state index contributed by atoms with van der Waals surface area (Å²) in [5.74, 6) is 0.867. The maximum atomic E-state index is 13.2. The second-order valence-corrected chi connectivity index (χ2v) is 10.6. The minimum Gasteiger partial charge on any atom is -0.390 e. The molecule has 1 aromatic rings. The zero-order valence-corrected chi connectivity index (χ0v) is 19.9. The van der Waals surface area contributed by atoms with Gasteiger partial charge in [-0.15, -0.1) is 0 Å². The van der Waals surface area contributed by atoms with Gasteiger partial charge < -0.3 is 28.4 Å². The first-order valence-electron chi connectivity index (χ1n) is 11.8. The van der Waals surface area contributed by atoms with E-state index >= 15 is 0 Å². The standard InChI is InChI=1S/C24H35O7P/c1-3-28-32(26,29-4-2)17-19-15-20(25)22(27-16-18-11-7-5-8-12-18)23-21(19)30-24(31-23)13-9-6-10-14-24/h5,7-8,11-12,17,20-23,25H,3-4,6,9-10,13-16H2,1-2H3/b19-17-/t20-,21+,22+,23+/m1/s1. The van der Waals surface area contributed by atoms with E-state index in [0.29, 0.717) is 12.2 Å². The van der Waals surface area contributed by atoms with E-state index in [1.807, 2.05) is 30.3 Å². The van der Waals surface area contributed by atoms with Gasteiger partial charge in [-0.05, 0) is 37.8 Å². The Hall–Kier alpha value is -1.05. The van der Waals surface area contributed by atoms with E-state index in [2.05, 4.69) is 0 Å². The molecule has 3 fully saturated rings. The molecule has 1 heterocycles. The number of hydrogen-bond donors (Lipinski definition) is 1. The lowest BCUT2D eigenvalue weighted by molar-refractivity contribution is -0.206. The van der Waals surface area contributed by atoms with Gasteiger partial charge in [0, 0.05) is 25.1 Å². The molecule has 32 heavy (non-hydrogen) atoms. The molecule has 1 saturated heterocycles. The van der Waals surface area contributed by atoms with Crippen LogP contribution in [0.1, 0.15) is 57.9 Å². The minimum atomic E-state index is -3.45. The summed E-state index contributed by atoms with van der Waals surface area (Å²) in [6, 6.07) is 9.87. The number of fused-ring (bicyclic) bond motifs is 1. The predicted molar refractivity (Wildman–Crippen MR) is 120 cm³/mol. The Kier molecular flexibility index (Phi) is 7.89. The minimum absolute atomic E-state index is 0.266. The summed E-state index contributed by atoms with van der Waals surface area (Å²) >= 11 is 0. The van der Waals surface area contributed by atoms with Crippen molar-refractivity contribution in [3.63, 3.8) is 0 Å². The van der Waals surface area contributed by atoms with Gasteiger partial charge in [-0.2, -0.15) is 0 Å². The number of hydrogen-bond acceptors (Lipinski definition) is 7. The zero-order valence-electron chi connectivity index (χ0n) is 19.0. The van der Waals surface area contributed by atoms with Gasteiger partial charge in [0.05, 0.1) is 25.9 Å². The molecule has 0 unspecified atom stereocenters. The summed E-state index contributed by atoms with van der Waals surface area (Å²) in [7, 11) is -3.45. The van der Waals surface area contributed by atoms with Gasteiger partial charge in [-0.25, -0.2) is 0 Å². The Balaban J connectivity index is 1.60. The maximum absolute atomic E-state index is 13.2. The van der Waals surface area contributed by atoms with E-state index in [1.54, 1.807) is 19.7 Å². The lowest BCUT2D eigenvalue weighted by atomic mass is 9.86. The van der Waals surface area contributed by atoms with E-state index in [1.165, 1.54) is 0 Å². The molecule has 0 bridgehead atoms. The van der Waals surface area contributed by atoms with Crippen molar-refractivity contribution in [3.05, 3.63) is 47.3 Å². The van der Waals surface area contributed by atoms with Crippen molar-refractivity contribution in [2.75, 3.05) is 13.2 Å². The van der Waals surface area contributed by atoms with Crippen molar-refractivity contribution < 1.29 is 32.9 Å². The van der Waals surface area contributed by atoms with Crippen LogP contribution in [0, 0.1) is 0 Å². The largest absolute Gasteiger partial charge is 0.390 e. The molecule has 0 aromatic heterocycles. The van der Waals surface area contributed by atoms with Gasteiger partial charge in [-0.3, -0.25) is 4.57 Å². The first-order valence-corrected chi connectivity index (χ1v) is 13.4. The quantitative estimate of drug-likeness (QED) is 0.544. The first kappa shape index (κ1) is 24.1. The molecule has 3 aliphatic rings. The summed E-state index contributed by atoms with van der Waals surface area (Å²) in [4.78, 5) is 0. The number of benzene rings is 1. The van der Waals surface area contributed by atoms with Crippen LogP contribution in [0.3, 0.4) is 0 Å². The highest BCUT2D eigenvalue weighted by molar-refractivity contribution is 7.57. The number of aliphatic hydroxyl groups is 1. The summed E-state index contributed by atoms with van der Waals surface area (Å²) in [5, 5.41) is 11.0. The van der Waals surface area contributed by atoms with Crippen LogP contribution in [0.25, 0.3) is 0 Å². The monoisotopic (exact) mass is 466 g/mol. The van der Waals surface area contributed by atoms with Crippen LogP contribution in [0.2, 0.25) is 0 Å². The molecule has 1 aliphatic heterocycles. The van der Waals surface area contributed by atoms with E-state index in [-0.39, 0.29) is 19.6 Å². The van der Waals surface area contributed by atoms with Gasteiger partial charge in [0.2, 0.25) is 0 Å². The number of aliphatic hydroxyl groups excluding tert-OH is 1. The summed E-state index contributed by atoms with van der Waals surface area (Å²) in [6.45, 7) is 4.46. The average Bonchev–Trinajstić information content (AvgIpc) is 3.13. The molecule has 0 radical (unpaired) electrons. The lowest BCUT2D eigenvalue weighted by Gasteiger charge is -2.37. The second kappa shape index (κ2) is 10.5. The van der Waals surface area contributed by atoms with Crippen LogP contribution in [0.5, 0.6) is 0 Å². The van der Waals surface area contributed by atoms with Gasteiger partial charge in [0.25, 0.3) is 0 Å². The van der Waals surface area contributed by atoms with Crippen molar-refractivity contribution in [1.29, 1.82) is 0 Å². The third kappa shape index (κ3) is 5.36.